The van der Waals surface area contributed by atoms with Crippen LogP contribution in [0.3, 0.4) is 0 Å². The van der Waals surface area contributed by atoms with Crippen LogP contribution in [0.25, 0.3) is 0 Å². The Kier molecular flexibility index (Phi) is 11.0. The molecule has 0 bridgehead atoms. The molecular formula is C31H32N6O18. The molecular weight excluding hydrogens is 744 g/mol. The van der Waals surface area contributed by atoms with Crippen LogP contribution in [0.4, 0.5) is 0 Å². The first-order valence-electron chi connectivity index (χ1n) is 16.1. The first-order chi connectivity index (χ1) is 26.0. The first-order valence-corrected chi connectivity index (χ1v) is 16.1. The number of nitrogens with zero attached hydrogens (tertiary/aromatic N) is 3. The van der Waals surface area contributed by atoms with Crippen LogP contribution in [0.2, 0.25) is 0 Å². The second-order valence-corrected chi connectivity index (χ2v) is 12.5. The van der Waals surface area contributed by atoms with Gasteiger partial charge in [0.1, 0.15) is 78.5 Å². The molecule has 0 saturated carbocycles. The summed E-state index contributed by atoms with van der Waals surface area (Å²) in [6.07, 6.45) is -24.1. The second-order valence-electron chi connectivity index (χ2n) is 12.5. The Bertz CT molecular complexity index is 2430. The SMILES string of the molecule is O=c1ccn([C@@H]2O[C@H]([C@H](O)C#Cc3cc(=O)[nH]c(=O)n3[C@@H]3O[C@H]([C@H](O)C#Cc4cc(=O)[nH]c(=O)n4[C@@H]4O[C@H](CO)[C@@H](O)[C@H]4O)[C@@H](O)[C@H]3O)[C@@H](O)[C@H]2O)c(=O)[nH]1. The second kappa shape index (κ2) is 15.4. The quantitative estimate of drug-likeness (QED) is 0.103. The highest BCUT2D eigenvalue weighted by Crippen LogP contribution is 2.32. The highest BCUT2D eigenvalue weighted by molar-refractivity contribution is 5.31. The molecule has 0 aromatic carbocycles. The molecule has 3 aromatic heterocycles. The number of hydrogen-bond donors (Lipinski definition) is 12. The van der Waals surface area contributed by atoms with Crippen molar-refractivity contribution in [2.75, 3.05) is 6.61 Å². The van der Waals surface area contributed by atoms with E-state index in [1.807, 2.05) is 15.0 Å². The minimum Gasteiger partial charge on any atom is -0.394 e. The highest BCUT2D eigenvalue weighted by atomic mass is 16.6. The number of ether oxygens (including phenoxy) is 3. The first kappa shape index (κ1) is 39.4. The van der Waals surface area contributed by atoms with Crippen molar-refractivity contribution < 1.29 is 60.2 Å². The van der Waals surface area contributed by atoms with E-state index in [0.717, 1.165) is 29.0 Å². The summed E-state index contributed by atoms with van der Waals surface area (Å²) in [5, 5.41) is 94.3. The molecule has 24 heteroatoms. The van der Waals surface area contributed by atoms with E-state index < -0.39 is 138 Å². The molecule has 14 atom stereocenters. The van der Waals surface area contributed by atoms with E-state index in [-0.39, 0.29) is 0 Å². The number of aliphatic hydroxyl groups excluding tert-OH is 9. The summed E-state index contributed by atoms with van der Waals surface area (Å²) >= 11 is 0. The van der Waals surface area contributed by atoms with Crippen LogP contribution in [0.1, 0.15) is 30.1 Å². The van der Waals surface area contributed by atoms with Crippen molar-refractivity contribution >= 4 is 0 Å². The normalized spacial score (nSPS) is 32.7. The van der Waals surface area contributed by atoms with Crippen molar-refractivity contribution in [3.05, 3.63) is 98.3 Å². The molecule has 3 aromatic rings. The Morgan fingerprint density at radius 1 is 0.600 bits per heavy atom. The number of aliphatic hydroxyl groups is 9. The van der Waals surface area contributed by atoms with E-state index in [9.17, 15) is 74.7 Å². The summed E-state index contributed by atoms with van der Waals surface area (Å²) in [5.74, 6) is 9.05. The Hall–Kier alpha value is -5.32. The summed E-state index contributed by atoms with van der Waals surface area (Å²) in [7, 11) is 0. The fraction of sp³-hybridized carbons (Fsp3) is 0.484. The van der Waals surface area contributed by atoms with Gasteiger partial charge in [-0.25, -0.2) is 14.4 Å². The molecule has 6 heterocycles. The molecule has 0 amide bonds. The Morgan fingerprint density at radius 2 is 1.04 bits per heavy atom. The lowest BCUT2D eigenvalue weighted by Gasteiger charge is -2.20. The van der Waals surface area contributed by atoms with Crippen LogP contribution in [0.15, 0.2) is 53.2 Å². The monoisotopic (exact) mass is 776 g/mol. The van der Waals surface area contributed by atoms with Crippen LogP contribution < -0.4 is 33.7 Å². The average Bonchev–Trinajstić information content (AvgIpc) is 3.70. The topological polar surface area (TPSA) is 374 Å². The van der Waals surface area contributed by atoms with Gasteiger partial charge in [0, 0.05) is 24.4 Å². The molecule has 6 rings (SSSR count). The summed E-state index contributed by atoms with van der Waals surface area (Å²) in [4.78, 5) is 79.4. The van der Waals surface area contributed by atoms with Crippen LogP contribution in [0, 0.1) is 23.7 Å². The van der Waals surface area contributed by atoms with Gasteiger partial charge in [0.2, 0.25) is 0 Å². The molecule has 3 aliphatic rings. The van der Waals surface area contributed by atoms with E-state index in [1.54, 1.807) is 0 Å². The van der Waals surface area contributed by atoms with Gasteiger partial charge in [-0.2, -0.15) is 0 Å². The third kappa shape index (κ3) is 7.41. The molecule has 3 saturated heterocycles. The zero-order chi connectivity index (χ0) is 40.0. The maximum atomic E-state index is 13.0. The van der Waals surface area contributed by atoms with Gasteiger partial charge >= 0.3 is 17.1 Å². The lowest BCUT2D eigenvalue weighted by molar-refractivity contribution is -0.0711. The van der Waals surface area contributed by atoms with Crippen LogP contribution in [-0.4, -0.2) is 148 Å². The van der Waals surface area contributed by atoms with E-state index in [4.69, 9.17) is 14.2 Å². The largest absolute Gasteiger partial charge is 0.394 e. The number of rotatable bonds is 6. The van der Waals surface area contributed by atoms with Gasteiger partial charge in [-0.3, -0.25) is 43.0 Å². The van der Waals surface area contributed by atoms with Gasteiger partial charge in [0.25, 0.3) is 16.7 Å². The zero-order valence-electron chi connectivity index (χ0n) is 27.6. The van der Waals surface area contributed by atoms with Crippen molar-refractivity contribution in [3.8, 4) is 23.7 Å². The molecule has 3 fully saturated rings. The molecule has 0 spiro atoms. The summed E-state index contributed by atoms with van der Waals surface area (Å²) in [5.41, 5.74) is -7.16. The predicted octanol–water partition coefficient (Wildman–Crippen LogP) is -9.09. The Labute approximate surface area is 303 Å². The maximum Gasteiger partial charge on any atom is 0.331 e. The van der Waals surface area contributed by atoms with Crippen molar-refractivity contribution in [3.63, 3.8) is 0 Å². The van der Waals surface area contributed by atoms with E-state index in [1.165, 1.54) is 0 Å². The summed E-state index contributed by atoms with van der Waals surface area (Å²) < 4.78 is 18.3. The standard InChI is InChI=1S/C31H32N6O18/c38-9-14-18(44)21(47)27(53-14)36-10(7-16(42)33-30(36)51)1-4-13(40)25-20(46)23(49)28(55-25)37-11(8-17(43)34-31(37)52)2-3-12(39)24-19(45)22(48)26(54-24)35-6-5-15(41)32-29(35)50/h5-8,12-14,18-28,38-40,44-49H,9H2,(H,32,41,50)(H,33,42,51)(H,34,43,52)/t12-,13-,14-,18-,19+,20+,21-,22-,23-,24-,25-,26-,27-,28-/m1/s1. The summed E-state index contributed by atoms with van der Waals surface area (Å²) in [6.45, 7) is -0.745. The molecule has 294 valence electrons. The van der Waals surface area contributed by atoms with Crippen molar-refractivity contribution in [1.82, 2.24) is 28.7 Å². The number of nitrogens with one attached hydrogen (secondary N) is 3. The minimum absolute atomic E-state index is 0.471. The molecule has 0 unspecified atom stereocenters. The van der Waals surface area contributed by atoms with Crippen molar-refractivity contribution in [1.29, 1.82) is 0 Å². The lowest BCUT2D eigenvalue weighted by Crippen LogP contribution is -2.40. The minimum atomic E-state index is -2.05. The predicted molar refractivity (Wildman–Crippen MR) is 175 cm³/mol. The molecule has 0 radical (unpaired) electrons. The van der Waals surface area contributed by atoms with Gasteiger partial charge in [-0.1, -0.05) is 11.8 Å². The number of hydrogen-bond acceptors (Lipinski definition) is 18. The molecule has 12 N–H and O–H groups in total. The highest BCUT2D eigenvalue weighted by Gasteiger charge is 2.49. The fourth-order valence-corrected chi connectivity index (χ4v) is 6.22. The smallest absolute Gasteiger partial charge is 0.331 e. The summed E-state index contributed by atoms with van der Waals surface area (Å²) in [6, 6.07) is 2.45. The Balaban J connectivity index is 1.26. The van der Waals surface area contributed by atoms with Crippen LogP contribution >= 0.6 is 0 Å². The van der Waals surface area contributed by atoms with Gasteiger partial charge in [-0.15, -0.1) is 0 Å². The molecule has 55 heavy (non-hydrogen) atoms. The van der Waals surface area contributed by atoms with Crippen molar-refractivity contribution in [2.45, 2.75) is 85.8 Å². The maximum absolute atomic E-state index is 13.0. The number of aromatic amines is 3. The number of H-pyrrole nitrogens is 3. The van der Waals surface area contributed by atoms with E-state index in [0.29, 0.717) is 9.13 Å². The number of aromatic nitrogens is 6. The van der Waals surface area contributed by atoms with Crippen molar-refractivity contribution in [2.24, 2.45) is 0 Å². The molecule has 24 nitrogen and oxygen atoms in total. The lowest BCUT2D eigenvalue weighted by atomic mass is 10.1. The fourth-order valence-electron chi connectivity index (χ4n) is 6.22. The van der Waals surface area contributed by atoms with E-state index in [2.05, 4.69) is 23.7 Å². The zero-order valence-corrected chi connectivity index (χ0v) is 27.6. The van der Waals surface area contributed by atoms with Gasteiger partial charge in [-0.05, 0) is 11.8 Å². The third-order valence-electron chi connectivity index (χ3n) is 8.97. The van der Waals surface area contributed by atoms with E-state index >= 15 is 0 Å². The van der Waals surface area contributed by atoms with Gasteiger partial charge in [0.15, 0.2) is 18.7 Å². The van der Waals surface area contributed by atoms with Crippen LogP contribution in [0.5, 0.6) is 0 Å². The Morgan fingerprint density at radius 3 is 1.51 bits per heavy atom. The van der Waals surface area contributed by atoms with Crippen LogP contribution in [-0.2, 0) is 14.2 Å². The van der Waals surface area contributed by atoms with Gasteiger partial charge < -0.3 is 60.2 Å². The average molecular weight is 777 g/mol. The molecule has 0 aliphatic carbocycles. The van der Waals surface area contributed by atoms with Gasteiger partial charge in [0.05, 0.1) is 6.61 Å². The third-order valence-corrected chi connectivity index (χ3v) is 8.97. The molecule has 3 aliphatic heterocycles.